The highest BCUT2D eigenvalue weighted by molar-refractivity contribution is 7.85. The van der Waals surface area contributed by atoms with Crippen LogP contribution in [0.2, 0.25) is 5.02 Å². The van der Waals surface area contributed by atoms with E-state index in [0.717, 1.165) is 0 Å². The summed E-state index contributed by atoms with van der Waals surface area (Å²) in [7, 11) is -4.52. The van der Waals surface area contributed by atoms with Crippen LogP contribution in [0.5, 0.6) is 11.6 Å². The van der Waals surface area contributed by atoms with E-state index in [0.29, 0.717) is 68.7 Å². The third-order valence-corrected chi connectivity index (χ3v) is 13.8. The molecule has 2 saturated carbocycles. The number of alkyl halides is 3. The Morgan fingerprint density at radius 1 is 1.08 bits per heavy atom. The minimum absolute atomic E-state index is 0.0981. The number of carbonyl (C=O) groups excluding carboxylic acids is 4. The molecule has 1 aromatic heterocycles. The highest BCUT2D eigenvalue weighted by Crippen LogP contribution is 2.58. The van der Waals surface area contributed by atoms with E-state index in [2.05, 4.69) is 4.98 Å². The number of para-hydroxylation sites is 1. The Bertz CT molecular complexity index is 2180. The number of aliphatic hydroxyl groups is 1. The fraction of sp³-hybridized carbons (Fsp3) is 0.690. The first-order valence-electron chi connectivity index (χ1n) is 20.8. The Kier molecular flexibility index (Phi) is 13.3. The largest absolute Gasteiger partial charge is 0.488 e. The van der Waals surface area contributed by atoms with E-state index in [1.54, 1.807) is 58.9 Å². The molecule has 0 radical (unpaired) electrons. The molecule has 2 aliphatic heterocycles. The van der Waals surface area contributed by atoms with Crippen molar-refractivity contribution in [1.82, 2.24) is 19.5 Å². The number of β-amino-alcohol motifs (C(OH)–C–C–N with tert-alkyl or cyclic N) is 1. The third-order valence-electron chi connectivity index (χ3n) is 12.5. The van der Waals surface area contributed by atoms with Crippen LogP contribution in [0.15, 0.2) is 24.3 Å². The second-order valence-corrected chi connectivity index (χ2v) is 20.7. The van der Waals surface area contributed by atoms with Gasteiger partial charge in [0.15, 0.2) is 5.78 Å². The van der Waals surface area contributed by atoms with Gasteiger partial charge in [0.1, 0.15) is 18.5 Å². The number of nitrogens with zero attached hydrogens (tertiary/aromatic N) is 3. The van der Waals surface area contributed by atoms with Gasteiger partial charge in [0.25, 0.3) is 0 Å². The number of amides is 2. The Labute approximate surface area is 364 Å². The van der Waals surface area contributed by atoms with Crippen molar-refractivity contribution in [3.8, 4) is 11.6 Å². The Morgan fingerprint density at radius 2 is 1.76 bits per heavy atom. The monoisotopic (exact) mass is 916 g/mol. The number of nitrogens with one attached hydrogen (secondary N) is 1. The van der Waals surface area contributed by atoms with Crippen molar-refractivity contribution in [1.29, 1.82) is 0 Å². The van der Waals surface area contributed by atoms with Crippen LogP contribution in [0.4, 0.5) is 13.2 Å². The molecule has 20 heteroatoms. The minimum atomic E-state index is -4.89. The molecular weight excluding hydrogens is 861 g/mol. The summed E-state index contributed by atoms with van der Waals surface area (Å²) in [4.78, 5) is 64.1. The number of Topliss-reactive ketones (excluding diaryl/α,β-unsaturated/α-hetero) is 1. The molecule has 2 N–H and O–H groups in total. The number of pyridine rings is 1. The van der Waals surface area contributed by atoms with Gasteiger partial charge in [0, 0.05) is 43.9 Å². The molecule has 6 rings (SSSR count). The van der Waals surface area contributed by atoms with E-state index < -0.39 is 93.0 Å². The first-order chi connectivity index (χ1) is 28.7. The molecular formula is C42H56ClF3N4O11S. The van der Waals surface area contributed by atoms with Crippen LogP contribution in [-0.4, -0.2) is 120 Å². The fourth-order valence-corrected chi connectivity index (χ4v) is 9.53. The normalized spacial score (nSPS) is 24.6. The summed E-state index contributed by atoms with van der Waals surface area (Å²) in [5.41, 5.74) is -5.86. The summed E-state index contributed by atoms with van der Waals surface area (Å²) in [6.07, 6.45) is -5.81. The fourth-order valence-electron chi connectivity index (χ4n) is 8.14. The molecule has 4 aliphatic rings. The van der Waals surface area contributed by atoms with Crippen molar-refractivity contribution in [2.45, 2.75) is 129 Å². The van der Waals surface area contributed by atoms with Gasteiger partial charge in [-0.2, -0.15) is 21.6 Å². The van der Waals surface area contributed by atoms with Gasteiger partial charge in [0.05, 0.1) is 52.6 Å². The summed E-state index contributed by atoms with van der Waals surface area (Å²) < 4.78 is 91.5. The summed E-state index contributed by atoms with van der Waals surface area (Å²) in [5, 5.41) is 10.4. The minimum Gasteiger partial charge on any atom is -0.488 e. The molecule has 0 spiro atoms. The standard InChI is InChI=1S/C42H56ClF3N4O11S/c1-8-24-19-41(24,37(55)48-62(56,57)61-40(7)12-13-40)20-31(52)30-16-26(23-50(30)36(54)28(38(2,3)4)17-34(53)60-39(5,6)42(44,45)46)59-32-18-33(58-15-14-49-21-25(51)22-49)47-35-27(32)10-9-11-29(35)43/h9-11,18,24-26,28,30,51H,8,12-17,19-23H2,1-7H3,(H,48,55)/t24-,26-,28-,30+,41-/m1/s1. The number of hydrogen-bond donors (Lipinski definition) is 2. The molecule has 0 unspecified atom stereocenters. The van der Waals surface area contributed by atoms with Crippen molar-refractivity contribution in [2.75, 3.05) is 32.8 Å². The van der Waals surface area contributed by atoms with Crippen LogP contribution in [0.3, 0.4) is 0 Å². The average molecular weight is 917 g/mol. The van der Waals surface area contributed by atoms with Crippen LogP contribution < -0.4 is 14.2 Å². The van der Waals surface area contributed by atoms with Crippen LogP contribution in [0.25, 0.3) is 10.9 Å². The Balaban J connectivity index is 1.29. The maximum atomic E-state index is 14.7. The number of aromatic nitrogens is 1. The van der Waals surface area contributed by atoms with E-state index in [1.165, 1.54) is 4.90 Å². The summed E-state index contributed by atoms with van der Waals surface area (Å²) in [6.45, 7) is 11.3. The van der Waals surface area contributed by atoms with Crippen molar-refractivity contribution in [3.05, 3.63) is 29.3 Å². The van der Waals surface area contributed by atoms with Gasteiger partial charge in [-0.25, -0.2) is 13.9 Å². The number of ether oxygens (including phenoxy) is 3. The predicted molar refractivity (Wildman–Crippen MR) is 219 cm³/mol. The van der Waals surface area contributed by atoms with Crippen LogP contribution in [0.1, 0.15) is 93.4 Å². The Morgan fingerprint density at radius 3 is 2.34 bits per heavy atom. The third kappa shape index (κ3) is 10.8. The molecule has 5 atom stereocenters. The topological polar surface area (TPSA) is 191 Å². The molecule has 62 heavy (non-hydrogen) atoms. The number of hydrogen-bond acceptors (Lipinski definition) is 13. The SMILES string of the molecule is CC[C@@H]1C[C@]1(CC(=O)[C@@H]1C[C@@H](Oc2cc(OCCN3CC(O)C3)nc3c(Cl)cccc23)CN1C(=O)[C@@H](CC(=O)OC(C)(C)C(F)(F)F)C(C)(C)C)C(=O)NS(=O)(=O)OC1(C)CC1. The molecule has 3 heterocycles. The maximum Gasteiger partial charge on any atom is 0.427 e. The van der Waals surface area contributed by atoms with Crippen molar-refractivity contribution in [2.24, 2.45) is 22.7 Å². The lowest BCUT2D eigenvalue weighted by molar-refractivity contribution is -0.257. The van der Waals surface area contributed by atoms with Gasteiger partial charge < -0.3 is 24.2 Å². The van der Waals surface area contributed by atoms with E-state index >= 15 is 0 Å². The number of likely N-dealkylation sites (tertiary alicyclic amines) is 2. The second-order valence-electron chi connectivity index (χ2n) is 19.0. The van der Waals surface area contributed by atoms with E-state index in [9.17, 15) is 45.9 Å². The first kappa shape index (κ1) is 47.7. The molecule has 2 saturated heterocycles. The number of fused-ring (bicyclic) bond motifs is 1. The van der Waals surface area contributed by atoms with E-state index in [1.807, 2.05) is 9.62 Å². The molecule has 1 aromatic carbocycles. The predicted octanol–water partition coefficient (Wildman–Crippen LogP) is 5.53. The molecule has 15 nitrogen and oxygen atoms in total. The average Bonchev–Trinajstić information content (AvgIpc) is 4.00. The molecule has 2 aromatic rings. The number of carbonyl (C=O) groups is 4. The van der Waals surface area contributed by atoms with E-state index in [-0.39, 0.29) is 49.6 Å². The van der Waals surface area contributed by atoms with Gasteiger partial charge >= 0.3 is 22.4 Å². The van der Waals surface area contributed by atoms with E-state index in [4.69, 9.17) is 30.0 Å². The van der Waals surface area contributed by atoms with Gasteiger partial charge in [-0.05, 0) is 63.5 Å². The number of esters is 1. The molecule has 2 aliphatic carbocycles. The number of benzene rings is 1. The zero-order chi connectivity index (χ0) is 45.8. The summed E-state index contributed by atoms with van der Waals surface area (Å²) in [6, 6.07) is 5.36. The summed E-state index contributed by atoms with van der Waals surface area (Å²) in [5.74, 6) is -4.64. The van der Waals surface area contributed by atoms with Gasteiger partial charge in [-0.1, -0.05) is 51.8 Å². The quantitative estimate of drug-likeness (QED) is 0.178. The Hall–Kier alpha value is -3.78. The molecule has 344 valence electrons. The second kappa shape index (κ2) is 17.3. The van der Waals surface area contributed by atoms with Crippen LogP contribution in [0, 0.1) is 22.7 Å². The number of ketones is 1. The molecule has 0 bridgehead atoms. The zero-order valence-electron chi connectivity index (χ0n) is 36.0. The zero-order valence-corrected chi connectivity index (χ0v) is 37.5. The lowest BCUT2D eigenvalue weighted by atomic mass is 9.77. The molecule has 2 amide bonds. The lowest BCUT2D eigenvalue weighted by Gasteiger charge is -2.35. The maximum absolute atomic E-state index is 14.7. The van der Waals surface area contributed by atoms with Crippen molar-refractivity contribution in [3.63, 3.8) is 0 Å². The highest BCUT2D eigenvalue weighted by atomic mass is 35.5. The lowest BCUT2D eigenvalue weighted by Crippen LogP contribution is -2.51. The number of halogens is 4. The van der Waals surface area contributed by atoms with Gasteiger partial charge in [0.2, 0.25) is 23.3 Å². The van der Waals surface area contributed by atoms with Crippen LogP contribution >= 0.6 is 11.6 Å². The van der Waals surface area contributed by atoms with Gasteiger partial charge in [-0.3, -0.25) is 24.1 Å². The van der Waals surface area contributed by atoms with Gasteiger partial charge in [-0.15, -0.1) is 0 Å². The number of aliphatic hydroxyl groups excluding tert-OH is 1. The van der Waals surface area contributed by atoms with Crippen LogP contribution in [-0.2, 0) is 38.4 Å². The first-order valence-corrected chi connectivity index (χ1v) is 22.6. The smallest absolute Gasteiger partial charge is 0.427 e. The highest BCUT2D eigenvalue weighted by Gasteiger charge is 2.62. The van der Waals surface area contributed by atoms with Crippen molar-refractivity contribution >= 4 is 56.4 Å². The summed E-state index contributed by atoms with van der Waals surface area (Å²) >= 11 is 6.57. The van der Waals surface area contributed by atoms with Crippen molar-refractivity contribution < 1.29 is 64.3 Å². The molecule has 4 fully saturated rings. The number of rotatable bonds is 18.